The highest BCUT2D eigenvalue weighted by Crippen LogP contribution is 2.45. The van der Waals surface area contributed by atoms with Crippen molar-refractivity contribution in [3.8, 4) is 0 Å². The van der Waals surface area contributed by atoms with Crippen molar-refractivity contribution in [2.75, 3.05) is 19.7 Å². The highest BCUT2D eigenvalue weighted by Gasteiger charge is 2.56. The van der Waals surface area contributed by atoms with Gasteiger partial charge < -0.3 is 19.1 Å². The molecule has 4 aliphatic rings. The standard InChI is InChI=1S/C18H25NO5/c1-11-8-17(2)9-14(20)23-13-5-7-19-6-4-12(15(13)19)10-22-16(21)18(11,3)24-17/h4,11,13,15H,5-10H2,1-3H3/p+1/t11-,13-,15-,17-,18+/m1/s1. The Morgan fingerprint density at radius 3 is 2.88 bits per heavy atom. The van der Waals surface area contributed by atoms with Gasteiger partial charge in [-0.2, -0.15) is 0 Å². The van der Waals surface area contributed by atoms with Crippen molar-refractivity contribution in [2.45, 2.75) is 63.4 Å². The predicted molar refractivity (Wildman–Crippen MR) is 84.3 cm³/mol. The molecule has 4 aliphatic heterocycles. The summed E-state index contributed by atoms with van der Waals surface area (Å²) in [6.07, 6.45) is 3.69. The number of carbonyl (C=O) groups excluding carboxylic acids is 2. The molecule has 1 unspecified atom stereocenters. The van der Waals surface area contributed by atoms with Crippen molar-refractivity contribution in [3.05, 3.63) is 11.6 Å². The van der Waals surface area contributed by atoms with Gasteiger partial charge >= 0.3 is 11.9 Å². The molecule has 6 nitrogen and oxygen atoms in total. The summed E-state index contributed by atoms with van der Waals surface area (Å²) in [6.45, 7) is 7.81. The fourth-order valence-corrected chi connectivity index (χ4v) is 4.96. The average molecular weight is 336 g/mol. The molecule has 4 rings (SSSR count). The van der Waals surface area contributed by atoms with Crippen LogP contribution in [-0.2, 0) is 23.8 Å². The minimum Gasteiger partial charge on any atom is -0.459 e. The molecule has 0 aromatic rings. The molecule has 3 saturated heterocycles. The number of carbonyl (C=O) groups is 2. The van der Waals surface area contributed by atoms with Gasteiger partial charge in [0.2, 0.25) is 0 Å². The Labute approximate surface area is 142 Å². The van der Waals surface area contributed by atoms with Crippen LogP contribution in [0.1, 0.15) is 40.0 Å². The fourth-order valence-electron chi connectivity index (χ4n) is 4.96. The van der Waals surface area contributed by atoms with Crippen LogP contribution in [0.5, 0.6) is 0 Å². The topological polar surface area (TPSA) is 66.3 Å². The van der Waals surface area contributed by atoms with Gasteiger partial charge in [0.1, 0.15) is 6.61 Å². The first kappa shape index (κ1) is 16.1. The van der Waals surface area contributed by atoms with Crippen LogP contribution in [-0.4, -0.2) is 55.0 Å². The van der Waals surface area contributed by atoms with Gasteiger partial charge in [0, 0.05) is 12.0 Å². The summed E-state index contributed by atoms with van der Waals surface area (Å²) < 4.78 is 17.6. The van der Waals surface area contributed by atoms with Crippen LogP contribution >= 0.6 is 0 Å². The number of hydrogen-bond acceptors (Lipinski definition) is 5. The predicted octanol–water partition coefficient (Wildman–Crippen LogP) is 0.0161. The molecular weight excluding hydrogens is 310 g/mol. The van der Waals surface area contributed by atoms with Crippen LogP contribution in [0.3, 0.4) is 0 Å². The summed E-state index contributed by atoms with van der Waals surface area (Å²) in [4.78, 5) is 26.6. The van der Waals surface area contributed by atoms with Crippen LogP contribution < -0.4 is 4.90 Å². The molecule has 0 saturated carbocycles. The number of esters is 2. The Morgan fingerprint density at radius 2 is 2.08 bits per heavy atom. The first-order valence-electron chi connectivity index (χ1n) is 8.91. The molecule has 3 fully saturated rings. The van der Waals surface area contributed by atoms with Crippen molar-refractivity contribution in [3.63, 3.8) is 0 Å². The molecule has 2 bridgehead atoms. The molecule has 4 heterocycles. The molecule has 24 heavy (non-hydrogen) atoms. The van der Waals surface area contributed by atoms with Crippen molar-refractivity contribution in [2.24, 2.45) is 5.92 Å². The van der Waals surface area contributed by atoms with Gasteiger partial charge in [-0.3, -0.25) is 4.79 Å². The molecule has 1 N–H and O–H groups in total. The maximum atomic E-state index is 12.7. The summed E-state index contributed by atoms with van der Waals surface area (Å²) in [5, 5.41) is 0. The Balaban J connectivity index is 1.65. The summed E-state index contributed by atoms with van der Waals surface area (Å²) in [5.74, 6) is -0.556. The Hall–Kier alpha value is -1.40. The molecule has 0 radical (unpaired) electrons. The largest absolute Gasteiger partial charge is 0.459 e. The molecule has 6 heteroatoms. The number of rotatable bonds is 0. The lowest BCUT2D eigenvalue weighted by Crippen LogP contribution is -3.12. The number of fused-ring (bicyclic) bond motifs is 2. The zero-order chi connectivity index (χ0) is 17.1. The first-order valence-corrected chi connectivity index (χ1v) is 8.91. The zero-order valence-corrected chi connectivity index (χ0v) is 14.6. The second kappa shape index (κ2) is 5.30. The maximum Gasteiger partial charge on any atom is 0.338 e. The molecule has 0 spiro atoms. The zero-order valence-electron chi connectivity index (χ0n) is 14.6. The molecular formula is C18H26NO5+. The first-order chi connectivity index (χ1) is 11.3. The minimum absolute atomic E-state index is 0.0114. The normalized spacial score (nSPS) is 48.0. The highest BCUT2D eigenvalue weighted by molar-refractivity contribution is 5.80. The van der Waals surface area contributed by atoms with E-state index in [9.17, 15) is 9.59 Å². The lowest BCUT2D eigenvalue weighted by Gasteiger charge is -2.31. The second-order valence-electron chi connectivity index (χ2n) is 8.20. The van der Waals surface area contributed by atoms with Gasteiger partial charge in [-0.15, -0.1) is 0 Å². The van der Waals surface area contributed by atoms with Gasteiger partial charge in [-0.25, -0.2) is 4.79 Å². The highest BCUT2D eigenvalue weighted by atomic mass is 16.6. The number of ether oxygens (including phenoxy) is 3. The van der Waals surface area contributed by atoms with E-state index >= 15 is 0 Å². The van der Waals surface area contributed by atoms with E-state index in [1.807, 2.05) is 13.8 Å². The van der Waals surface area contributed by atoms with Crippen molar-refractivity contribution < 1.29 is 28.7 Å². The molecule has 6 atom stereocenters. The van der Waals surface area contributed by atoms with E-state index in [1.54, 1.807) is 6.92 Å². The summed E-state index contributed by atoms with van der Waals surface area (Å²) in [6, 6.07) is 0.137. The van der Waals surface area contributed by atoms with E-state index in [2.05, 4.69) is 6.08 Å². The lowest BCUT2D eigenvalue weighted by atomic mass is 9.86. The van der Waals surface area contributed by atoms with Gasteiger partial charge in [0.25, 0.3) is 0 Å². The monoisotopic (exact) mass is 336 g/mol. The van der Waals surface area contributed by atoms with E-state index in [-0.39, 0.29) is 43.0 Å². The minimum atomic E-state index is -1.00. The quantitative estimate of drug-likeness (QED) is 0.499. The number of quaternary nitrogens is 1. The van der Waals surface area contributed by atoms with Crippen LogP contribution in [0, 0.1) is 5.92 Å². The van der Waals surface area contributed by atoms with Crippen molar-refractivity contribution >= 4 is 11.9 Å². The fraction of sp³-hybridized carbons (Fsp3) is 0.778. The van der Waals surface area contributed by atoms with E-state index in [0.29, 0.717) is 6.42 Å². The Morgan fingerprint density at radius 1 is 1.29 bits per heavy atom. The number of cyclic esters (lactones) is 1. The second-order valence-corrected chi connectivity index (χ2v) is 8.20. The van der Waals surface area contributed by atoms with Crippen LogP contribution in [0.4, 0.5) is 0 Å². The Bertz CT molecular complexity index is 617. The van der Waals surface area contributed by atoms with Crippen molar-refractivity contribution in [1.29, 1.82) is 0 Å². The molecule has 132 valence electrons. The van der Waals surface area contributed by atoms with Gasteiger partial charge in [-0.05, 0) is 32.3 Å². The molecule has 0 amide bonds. The molecule has 0 aromatic carbocycles. The van der Waals surface area contributed by atoms with Crippen molar-refractivity contribution in [1.82, 2.24) is 0 Å². The van der Waals surface area contributed by atoms with E-state index in [4.69, 9.17) is 14.2 Å². The molecule has 0 aromatic heterocycles. The van der Waals surface area contributed by atoms with E-state index in [0.717, 1.165) is 25.1 Å². The van der Waals surface area contributed by atoms with Gasteiger partial charge in [0.05, 0.1) is 25.1 Å². The third-order valence-corrected chi connectivity index (χ3v) is 6.30. The van der Waals surface area contributed by atoms with Crippen LogP contribution in [0.25, 0.3) is 0 Å². The van der Waals surface area contributed by atoms with Gasteiger partial charge in [0.15, 0.2) is 17.7 Å². The van der Waals surface area contributed by atoms with E-state index in [1.165, 1.54) is 4.90 Å². The average Bonchev–Trinajstić information content (AvgIpc) is 3.11. The SMILES string of the molecule is C[C@@H]1C[C@]2(C)CC(=O)O[C@@H]3CC[NH+]4CC=C(COC(=O)[C@@]1(C)O2)[C@H]34. The number of hydrogen-bond donors (Lipinski definition) is 1. The van der Waals surface area contributed by atoms with Gasteiger partial charge in [-0.1, -0.05) is 6.92 Å². The Kier molecular flexibility index (Phi) is 3.55. The third kappa shape index (κ3) is 2.39. The summed E-state index contributed by atoms with van der Waals surface area (Å²) >= 11 is 0. The van der Waals surface area contributed by atoms with E-state index < -0.39 is 11.2 Å². The van der Waals surface area contributed by atoms with Crippen LogP contribution in [0.15, 0.2) is 11.6 Å². The van der Waals surface area contributed by atoms with Crippen LogP contribution in [0.2, 0.25) is 0 Å². The summed E-state index contributed by atoms with van der Waals surface area (Å²) in [7, 11) is 0. The lowest BCUT2D eigenvalue weighted by molar-refractivity contribution is -0.896. The smallest absolute Gasteiger partial charge is 0.338 e. The summed E-state index contributed by atoms with van der Waals surface area (Å²) in [5.41, 5.74) is -0.607. The number of nitrogens with one attached hydrogen (secondary N) is 1. The third-order valence-electron chi connectivity index (χ3n) is 6.30. The maximum absolute atomic E-state index is 12.7. The molecule has 0 aliphatic carbocycles.